The van der Waals surface area contributed by atoms with Crippen molar-refractivity contribution in [2.75, 3.05) is 6.61 Å². The van der Waals surface area contributed by atoms with Gasteiger partial charge < -0.3 is 4.74 Å². The number of ketones is 2. The van der Waals surface area contributed by atoms with Gasteiger partial charge in [0.1, 0.15) is 5.78 Å². The summed E-state index contributed by atoms with van der Waals surface area (Å²) in [5.74, 6) is -1.58. The number of ether oxygens (including phenoxy) is 1. The zero-order valence-electron chi connectivity index (χ0n) is 9.17. The van der Waals surface area contributed by atoms with Crippen molar-refractivity contribution in [1.82, 2.24) is 0 Å². The Kier molecular flexibility index (Phi) is 6.25. The molecule has 0 heterocycles. The molecule has 0 rings (SSSR count). The Hall–Kier alpha value is -1.45. The van der Waals surface area contributed by atoms with Crippen molar-refractivity contribution >= 4 is 17.5 Å². The predicted molar refractivity (Wildman–Crippen MR) is 55.3 cm³/mol. The van der Waals surface area contributed by atoms with E-state index in [1.807, 2.05) is 6.92 Å². The molecule has 84 valence electrons. The summed E-state index contributed by atoms with van der Waals surface area (Å²) < 4.78 is 4.78. The van der Waals surface area contributed by atoms with Crippen LogP contribution in [0.3, 0.4) is 0 Å². The Bertz CT molecular complexity index is 278. The first-order valence-electron chi connectivity index (χ1n) is 4.87. The smallest absolute Gasteiger partial charge is 0.341 e. The second kappa shape index (κ2) is 6.92. The average molecular weight is 212 g/mol. The first kappa shape index (κ1) is 13.5. The zero-order valence-corrected chi connectivity index (χ0v) is 9.17. The van der Waals surface area contributed by atoms with Crippen molar-refractivity contribution in [3.8, 4) is 0 Å². The van der Waals surface area contributed by atoms with E-state index in [2.05, 4.69) is 6.58 Å². The summed E-state index contributed by atoms with van der Waals surface area (Å²) in [5.41, 5.74) is -0.249. The standard InChI is InChI=1S/C11H16O4/c1-4-5-6-15-11(14)9(3)10(13)7-8(2)12/h3-7H2,1-2H3. The number of hydrogen-bond donors (Lipinski definition) is 0. The summed E-state index contributed by atoms with van der Waals surface area (Å²) in [6.07, 6.45) is 1.36. The molecule has 0 spiro atoms. The number of Topliss-reactive ketones (excluding diaryl/α,β-unsaturated/α-hetero) is 2. The van der Waals surface area contributed by atoms with E-state index in [4.69, 9.17) is 4.74 Å². The van der Waals surface area contributed by atoms with E-state index in [0.29, 0.717) is 0 Å². The maximum absolute atomic E-state index is 11.2. The minimum absolute atomic E-state index is 0.249. The highest BCUT2D eigenvalue weighted by Crippen LogP contribution is 2.02. The highest BCUT2D eigenvalue weighted by molar-refractivity contribution is 6.21. The third kappa shape index (κ3) is 5.78. The SMILES string of the molecule is C=C(C(=O)CC(C)=O)C(=O)OCCCC. The lowest BCUT2D eigenvalue weighted by molar-refractivity contribution is -0.140. The third-order valence-corrected chi connectivity index (χ3v) is 1.72. The summed E-state index contributed by atoms with van der Waals surface area (Å²) >= 11 is 0. The van der Waals surface area contributed by atoms with Crippen LogP contribution in [0.25, 0.3) is 0 Å². The van der Waals surface area contributed by atoms with Crippen molar-refractivity contribution in [2.45, 2.75) is 33.1 Å². The fourth-order valence-corrected chi connectivity index (χ4v) is 0.843. The average Bonchev–Trinajstić information content (AvgIpc) is 2.15. The van der Waals surface area contributed by atoms with Crippen LogP contribution in [0.1, 0.15) is 33.1 Å². The molecule has 0 atom stereocenters. The van der Waals surface area contributed by atoms with E-state index in [0.717, 1.165) is 12.8 Å². The maximum Gasteiger partial charge on any atom is 0.341 e. The largest absolute Gasteiger partial charge is 0.462 e. The molecular weight excluding hydrogens is 196 g/mol. The topological polar surface area (TPSA) is 60.4 Å². The number of carbonyl (C=O) groups is 3. The minimum atomic E-state index is -0.727. The summed E-state index contributed by atoms with van der Waals surface area (Å²) in [5, 5.41) is 0. The summed E-state index contributed by atoms with van der Waals surface area (Å²) in [6.45, 7) is 6.84. The predicted octanol–water partition coefficient (Wildman–Crippen LogP) is 1.43. The number of hydrogen-bond acceptors (Lipinski definition) is 4. The molecule has 0 aromatic heterocycles. The fourth-order valence-electron chi connectivity index (χ4n) is 0.843. The molecule has 0 aromatic carbocycles. The Morgan fingerprint density at radius 2 is 1.87 bits per heavy atom. The zero-order chi connectivity index (χ0) is 11.8. The van der Waals surface area contributed by atoms with Crippen LogP contribution in [0.4, 0.5) is 0 Å². The number of unbranched alkanes of at least 4 members (excludes halogenated alkanes) is 1. The molecule has 0 unspecified atom stereocenters. The van der Waals surface area contributed by atoms with Crippen LogP contribution in [-0.2, 0) is 19.1 Å². The number of carbonyl (C=O) groups excluding carboxylic acids is 3. The number of esters is 1. The van der Waals surface area contributed by atoms with Crippen molar-refractivity contribution in [3.63, 3.8) is 0 Å². The van der Waals surface area contributed by atoms with Gasteiger partial charge in [0.2, 0.25) is 0 Å². The van der Waals surface area contributed by atoms with Crippen LogP contribution >= 0.6 is 0 Å². The lowest BCUT2D eigenvalue weighted by Gasteiger charge is -2.04. The van der Waals surface area contributed by atoms with Gasteiger partial charge in [0.15, 0.2) is 5.78 Å². The number of rotatable bonds is 7. The van der Waals surface area contributed by atoms with Gasteiger partial charge in [0.05, 0.1) is 18.6 Å². The minimum Gasteiger partial charge on any atom is -0.462 e. The second-order valence-electron chi connectivity index (χ2n) is 3.27. The van der Waals surface area contributed by atoms with Gasteiger partial charge in [0.25, 0.3) is 0 Å². The summed E-state index contributed by atoms with van der Waals surface area (Å²) in [6, 6.07) is 0. The first-order chi connectivity index (χ1) is 6.99. The van der Waals surface area contributed by atoms with E-state index in [-0.39, 0.29) is 24.4 Å². The second-order valence-corrected chi connectivity index (χ2v) is 3.27. The van der Waals surface area contributed by atoms with Crippen LogP contribution in [0.15, 0.2) is 12.2 Å². The van der Waals surface area contributed by atoms with E-state index in [1.54, 1.807) is 0 Å². The molecule has 0 aliphatic rings. The van der Waals surface area contributed by atoms with Crippen LogP contribution < -0.4 is 0 Å². The molecule has 0 N–H and O–H groups in total. The van der Waals surface area contributed by atoms with E-state index in [1.165, 1.54) is 6.92 Å². The van der Waals surface area contributed by atoms with Gasteiger partial charge in [-0.25, -0.2) is 4.79 Å². The summed E-state index contributed by atoms with van der Waals surface area (Å²) in [4.78, 5) is 33.0. The molecular formula is C11H16O4. The monoisotopic (exact) mass is 212 g/mol. The summed E-state index contributed by atoms with van der Waals surface area (Å²) in [7, 11) is 0. The molecule has 4 heteroatoms. The van der Waals surface area contributed by atoms with Gasteiger partial charge in [-0.2, -0.15) is 0 Å². The molecule has 0 aliphatic heterocycles. The molecule has 0 fully saturated rings. The van der Waals surface area contributed by atoms with Gasteiger partial charge >= 0.3 is 5.97 Å². The molecule has 0 aliphatic carbocycles. The highest BCUT2D eigenvalue weighted by Gasteiger charge is 2.17. The van der Waals surface area contributed by atoms with Crippen LogP contribution in [-0.4, -0.2) is 24.1 Å². The Morgan fingerprint density at radius 3 is 2.33 bits per heavy atom. The van der Waals surface area contributed by atoms with Gasteiger partial charge in [-0.3, -0.25) is 9.59 Å². The van der Waals surface area contributed by atoms with Gasteiger partial charge in [-0.15, -0.1) is 0 Å². The lowest BCUT2D eigenvalue weighted by Crippen LogP contribution is -2.17. The van der Waals surface area contributed by atoms with Gasteiger partial charge in [-0.05, 0) is 13.3 Å². The van der Waals surface area contributed by atoms with Crippen molar-refractivity contribution in [1.29, 1.82) is 0 Å². The first-order valence-corrected chi connectivity index (χ1v) is 4.87. The lowest BCUT2D eigenvalue weighted by atomic mass is 10.1. The van der Waals surface area contributed by atoms with Crippen molar-refractivity contribution in [3.05, 3.63) is 12.2 Å². The Balaban J connectivity index is 4.03. The van der Waals surface area contributed by atoms with E-state index < -0.39 is 11.8 Å². The molecule has 0 radical (unpaired) electrons. The molecule has 4 nitrogen and oxygen atoms in total. The van der Waals surface area contributed by atoms with Crippen LogP contribution in [0.2, 0.25) is 0 Å². The molecule has 0 bridgehead atoms. The van der Waals surface area contributed by atoms with Gasteiger partial charge in [0, 0.05) is 0 Å². The quantitative estimate of drug-likeness (QED) is 0.210. The Morgan fingerprint density at radius 1 is 1.27 bits per heavy atom. The molecule has 15 heavy (non-hydrogen) atoms. The normalized spacial score (nSPS) is 9.47. The van der Waals surface area contributed by atoms with Crippen LogP contribution in [0, 0.1) is 0 Å². The third-order valence-electron chi connectivity index (χ3n) is 1.72. The highest BCUT2D eigenvalue weighted by atomic mass is 16.5. The molecule has 0 aromatic rings. The maximum atomic E-state index is 11.2. The molecule has 0 saturated carbocycles. The van der Waals surface area contributed by atoms with Crippen molar-refractivity contribution in [2.24, 2.45) is 0 Å². The van der Waals surface area contributed by atoms with Crippen molar-refractivity contribution < 1.29 is 19.1 Å². The van der Waals surface area contributed by atoms with Gasteiger partial charge in [-0.1, -0.05) is 19.9 Å². The molecule has 0 amide bonds. The fraction of sp³-hybridized carbons (Fsp3) is 0.545. The Labute approximate surface area is 89.3 Å². The van der Waals surface area contributed by atoms with E-state index >= 15 is 0 Å². The molecule has 0 saturated heterocycles. The van der Waals surface area contributed by atoms with Crippen LogP contribution in [0.5, 0.6) is 0 Å². The van der Waals surface area contributed by atoms with E-state index in [9.17, 15) is 14.4 Å².